The molecular weight excluding hydrogens is 430 g/mol. The molecule has 1 fully saturated rings. The monoisotopic (exact) mass is 457 g/mol. The third-order valence-corrected chi connectivity index (χ3v) is 6.96. The Morgan fingerprint density at radius 3 is 2.56 bits per heavy atom. The summed E-state index contributed by atoms with van der Waals surface area (Å²) in [7, 11) is 1.29. The van der Waals surface area contributed by atoms with E-state index in [0.29, 0.717) is 28.3 Å². The van der Waals surface area contributed by atoms with Crippen molar-refractivity contribution in [2.24, 2.45) is 11.8 Å². The van der Waals surface area contributed by atoms with Crippen LogP contribution >= 0.6 is 11.6 Å². The van der Waals surface area contributed by atoms with Gasteiger partial charge in [-0.15, -0.1) is 0 Å². The highest BCUT2D eigenvalue weighted by Gasteiger charge is 2.47. The summed E-state index contributed by atoms with van der Waals surface area (Å²) in [4.78, 5) is 39.5. The van der Waals surface area contributed by atoms with Gasteiger partial charge in [-0.1, -0.05) is 30.7 Å². The second-order valence-electron chi connectivity index (χ2n) is 8.90. The predicted octanol–water partition coefficient (Wildman–Crippen LogP) is 4.44. The third kappa shape index (κ3) is 4.08. The number of esters is 2. The second-order valence-corrected chi connectivity index (χ2v) is 9.34. The number of methoxy groups -OCH3 is 1. The summed E-state index contributed by atoms with van der Waals surface area (Å²) in [6.45, 7) is 3.69. The molecule has 6 nitrogen and oxygen atoms in total. The SMILES string of the molecule is COC(=O)[C@@H]1C(=O)C2=C(C[C@@H]1C)NC(C)=C(C(=O)OC1CCCC1)[C@@H]2c1cccc(Cl)c1. The van der Waals surface area contributed by atoms with E-state index < -0.39 is 23.8 Å². The summed E-state index contributed by atoms with van der Waals surface area (Å²) in [6, 6.07) is 7.15. The molecule has 1 aliphatic heterocycles. The molecule has 32 heavy (non-hydrogen) atoms. The molecule has 7 heteroatoms. The fourth-order valence-corrected chi connectivity index (χ4v) is 5.39. The second kappa shape index (κ2) is 9.10. The van der Waals surface area contributed by atoms with E-state index in [1.54, 1.807) is 18.2 Å². The maximum Gasteiger partial charge on any atom is 0.337 e. The van der Waals surface area contributed by atoms with Gasteiger partial charge in [0.15, 0.2) is 5.78 Å². The Balaban J connectivity index is 1.81. The molecule has 1 heterocycles. The lowest BCUT2D eigenvalue weighted by Crippen LogP contribution is -2.43. The van der Waals surface area contributed by atoms with Crippen molar-refractivity contribution in [3.8, 4) is 0 Å². The molecular formula is C25H28ClNO5. The van der Waals surface area contributed by atoms with Gasteiger partial charge in [-0.25, -0.2) is 4.79 Å². The van der Waals surface area contributed by atoms with Crippen LogP contribution in [0.25, 0.3) is 0 Å². The summed E-state index contributed by atoms with van der Waals surface area (Å²) in [5.74, 6) is -3.10. The molecule has 3 atom stereocenters. The van der Waals surface area contributed by atoms with Gasteiger partial charge in [0.05, 0.1) is 12.7 Å². The van der Waals surface area contributed by atoms with Crippen LogP contribution in [0.4, 0.5) is 0 Å². The number of benzene rings is 1. The molecule has 0 radical (unpaired) electrons. The van der Waals surface area contributed by atoms with Crippen LogP contribution in [0.1, 0.15) is 57.4 Å². The summed E-state index contributed by atoms with van der Waals surface area (Å²) in [5.41, 5.74) is 2.93. The fourth-order valence-electron chi connectivity index (χ4n) is 5.19. The van der Waals surface area contributed by atoms with Gasteiger partial charge in [-0.05, 0) is 62.6 Å². The number of Topliss-reactive ketones (excluding diaryl/α,β-unsaturated/α-hetero) is 1. The Labute approximate surface area is 193 Å². The number of ether oxygens (including phenoxy) is 2. The van der Waals surface area contributed by atoms with Gasteiger partial charge in [0, 0.05) is 27.9 Å². The molecule has 0 bridgehead atoms. The first-order chi connectivity index (χ1) is 15.3. The quantitative estimate of drug-likeness (QED) is 0.531. The summed E-state index contributed by atoms with van der Waals surface area (Å²) in [5, 5.41) is 3.78. The van der Waals surface area contributed by atoms with E-state index in [0.717, 1.165) is 36.9 Å². The number of carbonyl (C=O) groups excluding carboxylic acids is 3. The number of halogens is 1. The van der Waals surface area contributed by atoms with E-state index >= 15 is 0 Å². The number of ketones is 1. The zero-order chi connectivity index (χ0) is 23.0. The lowest BCUT2D eigenvalue weighted by atomic mass is 9.69. The summed E-state index contributed by atoms with van der Waals surface area (Å²) in [6.07, 6.45) is 4.17. The smallest absolute Gasteiger partial charge is 0.337 e. The van der Waals surface area contributed by atoms with E-state index in [2.05, 4.69) is 5.32 Å². The van der Waals surface area contributed by atoms with Gasteiger partial charge in [0.1, 0.15) is 12.0 Å². The van der Waals surface area contributed by atoms with Gasteiger partial charge < -0.3 is 14.8 Å². The van der Waals surface area contributed by atoms with Crippen molar-refractivity contribution in [1.29, 1.82) is 0 Å². The Kier molecular flexibility index (Phi) is 6.42. The minimum atomic E-state index is -0.909. The van der Waals surface area contributed by atoms with Crippen molar-refractivity contribution in [2.45, 2.75) is 58.0 Å². The van der Waals surface area contributed by atoms with Crippen molar-refractivity contribution in [2.75, 3.05) is 7.11 Å². The van der Waals surface area contributed by atoms with Gasteiger partial charge in [-0.3, -0.25) is 9.59 Å². The van der Waals surface area contributed by atoms with Crippen molar-refractivity contribution in [3.05, 3.63) is 57.4 Å². The first-order valence-corrected chi connectivity index (χ1v) is 11.5. The number of rotatable bonds is 4. The zero-order valence-corrected chi connectivity index (χ0v) is 19.3. The van der Waals surface area contributed by atoms with E-state index in [-0.39, 0.29) is 17.8 Å². The molecule has 0 spiro atoms. The normalized spacial score (nSPS) is 26.0. The van der Waals surface area contributed by atoms with Crippen LogP contribution in [0.2, 0.25) is 5.02 Å². The Bertz CT molecular complexity index is 1020. The first kappa shape index (κ1) is 22.6. The lowest BCUT2D eigenvalue weighted by Gasteiger charge is -2.38. The molecule has 1 aromatic carbocycles. The van der Waals surface area contributed by atoms with Gasteiger partial charge >= 0.3 is 11.9 Å². The molecule has 0 unspecified atom stereocenters. The number of dihydropyridines is 1. The fraction of sp³-hybridized carbons (Fsp3) is 0.480. The van der Waals surface area contributed by atoms with Crippen LogP contribution in [-0.4, -0.2) is 30.9 Å². The molecule has 0 aromatic heterocycles. The zero-order valence-electron chi connectivity index (χ0n) is 18.6. The van der Waals surface area contributed by atoms with E-state index in [9.17, 15) is 14.4 Å². The predicted molar refractivity (Wildman–Crippen MR) is 120 cm³/mol. The average molecular weight is 458 g/mol. The number of hydrogen-bond donors (Lipinski definition) is 1. The molecule has 170 valence electrons. The minimum Gasteiger partial charge on any atom is -0.468 e. The van der Waals surface area contributed by atoms with Crippen LogP contribution in [0.3, 0.4) is 0 Å². The molecule has 1 aromatic rings. The summed E-state index contributed by atoms with van der Waals surface area (Å²) < 4.78 is 10.8. The summed E-state index contributed by atoms with van der Waals surface area (Å²) >= 11 is 6.28. The first-order valence-electron chi connectivity index (χ1n) is 11.1. The number of allylic oxidation sites excluding steroid dienone is 3. The highest BCUT2D eigenvalue weighted by molar-refractivity contribution is 6.30. The van der Waals surface area contributed by atoms with Gasteiger partial charge in [0.25, 0.3) is 0 Å². The molecule has 2 aliphatic carbocycles. The number of nitrogens with one attached hydrogen (secondary N) is 1. The molecule has 0 saturated heterocycles. The van der Waals surface area contributed by atoms with E-state index in [1.807, 2.05) is 19.9 Å². The van der Waals surface area contributed by atoms with Crippen LogP contribution in [0.15, 0.2) is 46.8 Å². The van der Waals surface area contributed by atoms with Crippen molar-refractivity contribution in [3.63, 3.8) is 0 Å². The lowest BCUT2D eigenvalue weighted by molar-refractivity contribution is -0.151. The van der Waals surface area contributed by atoms with E-state index in [4.69, 9.17) is 21.1 Å². The minimum absolute atomic E-state index is 0.108. The average Bonchev–Trinajstić information content (AvgIpc) is 3.25. The third-order valence-electron chi connectivity index (χ3n) is 6.72. The Morgan fingerprint density at radius 2 is 1.91 bits per heavy atom. The van der Waals surface area contributed by atoms with Gasteiger partial charge in [-0.2, -0.15) is 0 Å². The van der Waals surface area contributed by atoms with Crippen LogP contribution in [0, 0.1) is 11.8 Å². The molecule has 3 aliphatic rings. The van der Waals surface area contributed by atoms with Crippen LogP contribution < -0.4 is 5.32 Å². The van der Waals surface area contributed by atoms with Crippen LogP contribution in [-0.2, 0) is 23.9 Å². The maximum absolute atomic E-state index is 13.7. The Morgan fingerprint density at radius 1 is 1.19 bits per heavy atom. The van der Waals surface area contributed by atoms with Crippen molar-refractivity contribution < 1.29 is 23.9 Å². The molecule has 1 N–H and O–H groups in total. The number of carbonyl (C=O) groups is 3. The maximum atomic E-state index is 13.7. The molecule has 4 rings (SSSR count). The molecule has 1 saturated carbocycles. The van der Waals surface area contributed by atoms with E-state index in [1.165, 1.54) is 7.11 Å². The van der Waals surface area contributed by atoms with Crippen LogP contribution in [0.5, 0.6) is 0 Å². The Hall–Kier alpha value is -2.60. The number of hydrogen-bond acceptors (Lipinski definition) is 6. The highest BCUT2D eigenvalue weighted by atomic mass is 35.5. The highest BCUT2D eigenvalue weighted by Crippen LogP contribution is 2.46. The van der Waals surface area contributed by atoms with Gasteiger partial charge in [0.2, 0.25) is 0 Å². The van der Waals surface area contributed by atoms with Crippen molar-refractivity contribution >= 4 is 29.3 Å². The van der Waals surface area contributed by atoms with Crippen molar-refractivity contribution in [1.82, 2.24) is 5.32 Å². The molecule has 0 amide bonds. The standard InChI is InChI=1S/C25H28ClNO5/c1-13-11-18-22(23(28)19(13)24(29)31-3)21(15-7-6-8-16(26)12-15)20(14(2)27-18)25(30)32-17-9-4-5-10-17/h6-8,12-13,17,19,21,27H,4-5,9-11H2,1-3H3/t13-,19-,21-/m0/s1. The topological polar surface area (TPSA) is 81.7 Å². The largest absolute Gasteiger partial charge is 0.468 e.